The van der Waals surface area contributed by atoms with Gasteiger partial charge in [-0.2, -0.15) is 0 Å². The summed E-state index contributed by atoms with van der Waals surface area (Å²) in [5.74, 6) is 2.21. The largest absolute Gasteiger partial charge is 0.489 e. The summed E-state index contributed by atoms with van der Waals surface area (Å²) in [5.41, 5.74) is 9.88. The molecule has 0 radical (unpaired) electrons. The number of nitrogens with one attached hydrogen (secondary N) is 1. The van der Waals surface area contributed by atoms with Gasteiger partial charge in [0.2, 0.25) is 5.91 Å². The van der Waals surface area contributed by atoms with E-state index in [2.05, 4.69) is 10.3 Å². The first kappa shape index (κ1) is 21.9. The van der Waals surface area contributed by atoms with Gasteiger partial charge in [-0.25, -0.2) is 9.97 Å². The van der Waals surface area contributed by atoms with Crippen LogP contribution >= 0.6 is 0 Å². The summed E-state index contributed by atoms with van der Waals surface area (Å²) in [6.07, 6.45) is 5.24. The predicted molar refractivity (Wildman–Crippen MR) is 129 cm³/mol. The molecule has 1 aliphatic carbocycles. The molecule has 0 bridgehead atoms. The lowest BCUT2D eigenvalue weighted by atomic mass is 9.81. The lowest BCUT2D eigenvalue weighted by Crippen LogP contribution is -2.34. The van der Waals surface area contributed by atoms with Crippen molar-refractivity contribution in [3.05, 3.63) is 78.4 Å². The van der Waals surface area contributed by atoms with Crippen molar-refractivity contribution in [2.24, 2.45) is 0 Å². The molecule has 0 atom stereocenters. The minimum Gasteiger partial charge on any atom is -0.489 e. The molecule has 3 N–H and O–H groups in total. The first-order chi connectivity index (χ1) is 16.6. The minimum atomic E-state index is -0.120. The van der Waals surface area contributed by atoms with Crippen molar-refractivity contribution in [1.82, 2.24) is 19.7 Å². The zero-order valence-electron chi connectivity index (χ0n) is 19.0. The molecule has 8 nitrogen and oxygen atoms in total. The van der Waals surface area contributed by atoms with Crippen molar-refractivity contribution in [2.75, 3.05) is 19.4 Å². The Kier molecular flexibility index (Phi) is 6.14. The molecule has 0 unspecified atom stereocenters. The van der Waals surface area contributed by atoms with Gasteiger partial charge >= 0.3 is 0 Å². The van der Waals surface area contributed by atoms with E-state index >= 15 is 0 Å². The third-order valence-electron chi connectivity index (χ3n) is 6.16. The van der Waals surface area contributed by atoms with E-state index in [1.165, 1.54) is 0 Å². The molecule has 2 aromatic carbocycles. The second kappa shape index (κ2) is 9.52. The fourth-order valence-electron chi connectivity index (χ4n) is 4.23. The van der Waals surface area contributed by atoms with Gasteiger partial charge < -0.3 is 20.5 Å². The fraction of sp³-hybridized carbons (Fsp3) is 0.269. The molecule has 1 aliphatic rings. The van der Waals surface area contributed by atoms with Crippen LogP contribution in [0.15, 0.2) is 67.0 Å². The molecule has 0 aliphatic heterocycles. The van der Waals surface area contributed by atoms with Crippen LogP contribution in [0.5, 0.6) is 5.75 Å². The van der Waals surface area contributed by atoms with Crippen LogP contribution in [-0.4, -0.2) is 40.0 Å². The number of ether oxygens (including phenoxy) is 2. The summed E-state index contributed by atoms with van der Waals surface area (Å²) in [6, 6.07) is 17.9. The molecule has 1 saturated carbocycles. The third-order valence-corrected chi connectivity index (χ3v) is 6.16. The highest BCUT2D eigenvalue weighted by atomic mass is 16.5. The van der Waals surface area contributed by atoms with E-state index < -0.39 is 0 Å². The monoisotopic (exact) mass is 457 g/mol. The lowest BCUT2D eigenvalue weighted by molar-refractivity contribution is -0.129. The van der Waals surface area contributed by atoms with Crippen LogP contribution in [-0.2, 0) is 16.1 Å². The molecular formula is C26H27N5O3. The normalized spacial score (nSPS) is 17.3. The van der Waals surface area contributed by atoms with E-state index in [-0.39, 0.29) is 24.5 Å². The van der Waals surface area contributed by atoms with Crippen molar-refractivity contribution in [3.8, 4) is 17.0 Å². The Balaban J connectivity index is 1.39. The Morgan fingerprint density at radius 2 is 2.00 bits per heavy atom. The first-order valence-corrected chi connectivity index (χ1v) is 11.3. The number of amides is 1. The molecule has 174 valence electrons. The lowest BCUT2D eigenvalue weighted by Gasteiger charge is -2.34. The predicted octanol–water partition coefficient (Wildman–Crippen LogP) is 3.57. The molecule has 2 heterocycles. The zero-order valence-corrected chi connectivity index (χ0v) is 19.0. The molecule has 4 aromatic rings. The average molecular weight is 458 g/mol. The number of nitrogens with two attached hydrogens (primary N) is 1. The van der Waals surface area contributed by atoms with Crippen LogP contribution in [0.1, 0.15) is 30.1 Å². The second-order valence-corrected chi connectivity index (χ2v) is 8.43. The highest BCUT2D eigenvalue weighted by Crippen LogP contribution is 2.41. The van der Waals surface area contributed by atoms with E-state index in [4.69, 9.17) is 20.2 Å². The van der Waals surface area contributed by atoms with Gasteiger partial charge in [0.05, 0.1) is 6.10 Å². The molecular weight excluding hydrogens is 430 g/mol. The fourth-order valence-corrected chi connectivity index (χ4v) is 4.23. The highest BCUT2D eigenvalue weighted by Gasteiger charge is 2.35. The molecule has 5 rings (SSSR count). The summed E-state index contributed by atoms with van der Waals surface area (Å²) in [4.78, 5) is 20.7. The zero-order chi connectivity index (χ0) is 23.5. The topological polar surface area (TPSA) is 104 Å². The van der Waals surface area contributed by atoms with E-state index in [0.29, 0.717) is 12.4 Å². The summed E-state index contributed by atoms with van der Waals surface area (Å²) < 4.78 is 13.7. The second-order valence-electron chi connectivity index (χ2n) is 8.43. The Hall–Kier alpha value is -3.91. The van der Waals surface area contributed by atoms with Crippen LogP contribution in [0, 0.1) is 0 Å². The van der Waals surface area contributed by atoms with Gasteiger partial charge in [-0.15, -0.1) is 0 Å². The number of likely N-dealkylation sites (N-methyl/N-ethyl adjacent to an activating group) is 1. The van der Waals surface area contributed by atoms with E-state index in [0.717, 1.165) is 46.8 Å². The number of benzene rings is 2. The molecule has 8 heteroatoms. The smallest absolute Gasteiger partial charge is 0.245 e. The number of nitrogens with zero attached hydrogens (tertiary/aromatic N) is 3. The van der Waals surface area contributed by atoms with Crippen molar-refractivity contribution in [3.63, 3.8) is 0 Å². The Bertz CT molecular complexity index is 1300. The van der Waals surface area contributed by atoms with Gasteiger partial charge in [-0.1, -0.05) is 42.5 Å². The van der Waals surface area contributed by atoms with Gasteiger partial charge in [0.15, 0.2) is 0 Å². The molecule has 2 aromatic heterocycles. The maximum atomic E-state index is 11.5. The van der Waals surface area contributed by atoms with E-state index in [1.807, 2.05) is 65.2 Å². The van der Waals surface area contributed by atoms with Crippen LogP contribution in [0.2, 0.25) is 0 Å². The molecule has 0 saturated heterocycles. The first-order valence-electron chi connectivity index (χ1n) is 11.3. The number of carbonyl (C=O) groups excluding carboxylic acids is 1. The summed E-state index contributed by atoms with van der Waals surface area (Å²) >= 11 is 0. The summed E-state index contributed by atoms with van der Waals surface area (Å²) in [7, 11) is 1.60. The molecule has 1 amide bonds. The number of carbonyl (C=O) groups is 1. The van der Waals surface area contributed by atoms with Crippen molar-refractivity contribution >= 4 is 17.2 Å². The Morgan fingerprint density at radius 3 is 2.79 bits per heavy atom. The highest BCUT2D eigenvalue weighted by molar-refractivity contribution is 5.85. The minimum absolute atomic E-state index is 0.0481. The average Bonchev–Trinajstić information content (AvgIpc) is 3.23. The SMILES string of the molecule is CNC(=O)CO[C@H]1C[C@@H](c2nc(-c3cccc(OCc4ccccc4)c3)c3c(N)nccn32)C1. The van der Waals surface area contributed by atoms with Crippen LogP contribution in [0.4, 0.5) is 5.82 Å². The number of hydrogen-bond acceptors (Lipinski definition) is 6. The standard InChI is InChI=1S/C26H27N5O3/c1-28-22(32)16-34-21-13-19(14-21)26-30-23(24-25(27)29-10-11-31(24)26)18-8-5-9-20(12-18)33-15-17-6-3-2-4-7-17/h2-12,19,21H,13-16H2,1H3,(H2,27,29)(H,28,32)/t19-,21+. The van der Waals surface area contributed by atoms with Crippen LogP contribution in [0.25, 0.3) is 16.8 Å². The van der Waals surface area contributed by atoms with Crippen molar-refractivity contribution in [2.45, 2.75) is 31.5 Å². The number of hydrogen-bond donors (Lipinski definition) is 2. The maximum absolute atomic E-state index is 11.5. The summed E-state index contributed by atoms with van der Waals surface area (Å²) in [5, 5.41) is 2.57. The Labute approximate surface area is 197 Å². The van der Waals surface area contributed by atoms with Crippen LogP contribution in [0.3, 0.4) is 0 Å². The maximum Gasteiger partial charge on any atom is 0.245 e. The van der Waals surface area contributed by atoms with Gasteiger partial charge in [0, 0.05) is 30.9 Å². The number of rotatable bonds is 8. The van der Waals surface area contributed by atoms with Gasteiger partial charge in [-0.05, 0) is 30.5 Å². The van der Waals surface area contributed by atoms with Gasteiger partial charge in [0.25, 0.3) is 0 Å². The summed E-state index contributed by atoms with van der Waals surface area (Å²) in [6.45, 7) is 0.566. The number of nitrogen functional groups attached to an aromatic ring is 1. The molecule has 34 heavy (non-hydrogen) atoms. The third kappa shape index (κ3) is 4.45. The van der Waals surface area contributed by atoms with Crippen molar-refractivity contribution < 1.29 is 14.3 Å². The Morgan fingerprint density at radius 1 is 1.18 bits per heavy atom. The van der Waals surface area contributed by atoms with Gasteiger partial charge in [0.1, 0.15) is 41.8 Å². The molecule has 0 spiro atoms. The van der Waals surface area contributed by atoms with Crippen molar-refractivity contribution in [1.29, 1.82) is 0 Å². The van der Waals surface area contributed by atoms with E-state index in [9.17, 15) is 4.79 Å². The molecule has 1 fully saturated rings. The van der Waals surface area contributed by atoms with E-state index in [1.54, 1.807) is 13.2 Å². The number of imidazole rings is 1. The number of aromatic nitrogens is 3. The number of fused-ring (bicyclic) bond motifs is 1. The quantitative estimate of drug-likeness (QED) is 0.419. The van der Waals surface area contributed by atoms with Crippen LogP contribution < -0.4 is 15.8 Å². The number of anilines is 1. The van der Waals surface area contributed by atoms with Gasteiger partial charge in [-0.3, -0.25) is 9.20 Å².